The second-order valence-electron chi connectivity index (χ2n) is 5.00. The first-order chi connectivity index (χ1) is 10.6. The Kier molecular flexibility index (Phi) is 4.33. The molecule has 1 saturated heterocycles. The van der Waals surface area contributed by atoms with Crippen LogP contribution in [-0.2, 0) is 4.79 Å². The number of aliphatic hydroxyl groups excluding tert-OH is 1. The molecule has 1 aromatic rings. The summed E-state index contributed by atoms with van der Waals surface area (Å²) < 4.78 is 6.35. The molecule has 4 nitrogen and oxygen atoms in total. The molecule has 1 aromatic carbocycles. The van der Waals surface area contributed by atoms with Crippen LogP contribution in [0.5, 0.6) is 5.75 Å². The summed E-state index contributed by atoms with van der Waals surface area (Å²) in [6.07, 6.45) is 3.73. The quantitative estimate of drug-likeness (QED) is 0.681. The maximum atomic E-state index is 12.3. The lowest BCUT2D eigenvalue weighted by molar-refractivity contribution is -0.122. The molecule has 0 radical (unpaired) electrons. The molecule has 0 aromatic heterocycles. The lowest BCUT2D eigenvalue weighted by Crippen LogP contribution is -2.30. The first kappa shape index (κ1) is 15.3. The number of nitrogens with zero attached hydrogens (tertiary/aromatic N) is 1. The van der Waals surface area contributed by atoms with Gasteiger partial charge in [-0.2, -0.15) is 0 Å². The van der Waals surface area contributed by atoms with Crippen molar-refractivity contribution in [2.24, 2.45) is 0 Å². The molecule has 3 rings (SSSR count). The van der Waals surface area contributed by atoms with Gasteiger partial charge >= 0.3 is 0 Å². The number of thiocarbonyl (C=S) groups is 1. The summed E-state index contributed by atoms with van der Waals surface area (Å²) in [7, 11) is 0. The number of benzene rings is 1. The first-order valence-electron chi connectivity index (χ1n) is 6.93. The summed E-state index contributed by atoms with van der Waals surface area (Å²) in [4.78, 5) is 14.3. The van der Waals surface area contributed by atoms with Crippen LogP contribution in [0, 0.1) is 0 Å². The van der Waals surface area contributed by atoms with Crippen molar-refractivity contribution in [3.05, 3.63) is 46.4 Å². The molecule has 22 heavy (non-hydrogen) atoms. The molecule has 0 saturated carbocycles. The number of hydrogen-bond donors (Lipinski definition) is 1. The molecule has 1 N–H and O–H groups in total. The van der Waals surface area contributed by atoms with E-state index in [0.29, 0.717) is 9.23 Å². The van der Waals surface area contributed by atoms with Crippen LogP contribution in [0.2, 0.25) is 0 Å². The number of thioether (sulfide) groups is 1. The number of rotatable bonds is 3. The SMILES string of the molecule is CC1Oc2ccccc2C=C1C=C1SC(=S)N(CCO)C1=O. The van der Waals surface area contributed by atoms with Gasteiger partial charge in [0.05, 0.1) is 18.1 Å². The van der Waals surface area contributed by atoms with Crippen LogP contribution in [0.15, 0.2) is 40.8 Å². The number of carbonyl (C=O) groups excluding carboxylic acids is 1. The van der Waals surface area contributed by atoms with Crippen molar-refractivity contribution in [3.63, 3.8) is 0 Å². The highest BCUT2D eigenvalue weighted by molar-refractivity contribution is 8.26. The Bertz CT molecular complexity index is 696. The molecule has 114 valence electrons. The van der Waals surface area contributed by atoms with Crippen molar-refractivity contribution >= 4 is 40.3 Å². The van der Waals surface area contributed by atoms with Crippen molar-refractivity contribution in [1.82, 2.24) is 4.90 Å². The molecule has 0 aliphatic carbocycles. The maximum Gasteiger partial charge on any atom is 0.266 e. The molecular formula is C16H15NO3S2. The summed E-state index contributed by atoms with van der Waals surface area (Å²) in [5.74, 6) is 0.691. The van der Waals surface area contributed by atoms with Crippen molar-refractivity contribution in [3.8, 4) is 5.75 Å². The minimum atomic E-state index is -0.156. The van der Waals surface area contributed by atoms with Crippen LogP contribution >= 0.6 is 24.0 Å². The number of fused-ring (bicyclic) bond motifs is 1. The van der Waals surface area contributed by atoms with Gasteiger partial charge in [0.2, 0.25) is 0 Å². The highest BCUT2D eigenvalue weighted by Gasteiger charge is 2.32. The van der Waals surface area contributed by atoms with Gasteiger partial charge in [-0.3, -0.25) is 9.69 Å². The van der Waals surface area contributed by atoms with Crippen LogP contribution in [0.4, 0.5) is 0 Å². The lowest BCUT2D eigenvalue weighted by Gasteiger charge is -2.23. The second kappa shape index (κ2) is 6.24. The second-order valence-corrected chi connectivity index (χ2v) is 6.67. The van der Waals surface area contributed by atoms with E-state index in [-0.39, 0.29) is 25.2 Å². The van der Waals surface area contributed by atoms with E-state index in [1.165, 1.54) is 16.7 Å². The third-order valence-corrected chi connectivity index (χ3v) is 4.89. The molecule has 2 aliphatic heterocycles. The Labute approximate surface area is 138 Å². The average molecular weight is 333 g/mol. The summed E-state index contributed by atoms with van der Waals surface area (Å²) in [6, 6.07) is 7.79. The van der Waals surface area contributed by atoms with E-state index in [0.717, 1.165) is 16.9 Å². The topological polar surface area (TPSA) is 49.8 Å². The largest absolute Gasteiger partial charge is 0.485 e. The van der Waals surface area contributed by atoms with Gasteiger partial charge < -0.3 is 9.84 Å². The number of hydrogen-bond acceptors (Lipinski definition) is 5. The van der Waals surface area contributed by atoms with Gasteiger partial charge in [-0.1, -0.05) is 42.2 Å². The fraction of sp³-hybridized carbons (Fsp3) is 0.250. The van der Waals surface area contributed by atoms with Gasteiger partial charge in [0.1, 0.15) is 16.2 Å². The smallest absolute Gasteiger partial charge is 0.266 e. The summed E-state index contributed by atoms with van der Waals surface area (Å²) in [5.41, 5.74) is 1.93. The van der Waals surface area contributed by atoms with Crippen molar-refractivity contribution in [1.29, 1.82) is 0 Å². The molecule has 2 aliphatic rings. The van der Waals surface area contributed by atoms with Gasteiger partial charge in [-0.15, -0.1) is 0 Å². The highest BCUT2D eigenvalue weighted by atomic mass is 32.2. The fourth-order valence-corrected chi connectivity index (χ4v) is 3.67. The van der Waals surface area contributed by atoms with Crippen LogP contribution in [0.25, 0.3) is 6.08 Å². The van der Waals surface area contributed by atoms with Crippen molar-refractivity contribution in [2.75, 3.05) is 13.2 Å². The molecule has 2 heterocycles. The van der Waals surface area contributed by atoms with E-state index in [1.807, 2.05) is 43.3 Å². The average Bonchev–Trinajstić information content (AvgIpc) is 2.76. The Morgan fingerprint density at radius 2 is 2.23 bits per heavy atom. The minimum Gasteiger partial charge on any atom is -0.485 e. The Morgan fingerprint density at radius 1 is 1.45 bits per heavy atom. The molecule has 1 unspecified atom stereocenters. The van der Waals surface area contributed by atoms with E-state index >= 15 is 0 Å². The number of amides is 1. The van der Waals surface area contributed by atoms with Gasteiger partial charge in [-0.05, 0) is 30.7 Å². The molecule has 1 atom stereocenters. The van der Waals surface area contributed by atoms with E-state index in [4.69, 9.17) is 22.1 Å². The molecule has 1 amide bonds. The fourth-order valence-electron chi connectivity index (χ4n) is 2.37. The number of ether oxygens (including phenoxy) is 1. The molecule has 0 spiro atoms. The third kappa shape index (κ3) is 2.82. The van der Waals surface area contributed by atoms with Gasteiger partial charge in [0, 0.05) is 5.56 Å². The standard InChI is InChI=1S/C16H15NO3S2/c1-10-12(8-11-4-2-3-5-13(11)20-10)9-14-15(19)17(6-7-18)16(21)22-14/h2-5,8-10,18H,6-7H2,1H3. The molecule has 1 fully saturated rings. The molecule has 0 bridgehead atoms. The van der Waals surface area contributed by atoms with E-state index < -0.39 is 0 Å². The Balaban J connectivity index is 1.91. The van der Waals surface area contributed by atoms with Crippen LogP contribution < -0.4 is 4.74 Å². The minimum absolute atomic E-state index is 0.102. The zero-order valence-corrected chi connectivity index (χ0v) is 13.6. The number of aliphatic hydroxyl groups is 1. The van der Waals surface area contributed by atoms with E-state index in [1.54, 1.807) is 0 Å². The van der Waals surface area contributed by atoms with Gasteiger partial charge in [0.15, 0.2) is 0 Å². The molecular weight excluding hydrogens is 318 g/mol. The third-order valence-electron chi connectivity index (χ3n) is 3.51. The lowest BCUT2D eigenvalue weighted by atomic mass is 10.0. The maximum absolute atomic E-state index is 12.3. The highest BCUT2D eigenvalue weighted by Crippen LogP contribution is 2.35. The zero-order valence-electron chi connectivity index (χ0n) is 12.0. The van der Waals surface area contributed by atoms with E-state index in [9.17, 15) is 4.79 Å². The number of carbonyl (C=O) groups is 1. The number of β-amino-alcohol motifs (C(OH)–C–C–N with tert-alkyl or cyclic N) is 1. The normalized spacial score (nSPS) is 22.6. The summed E-state index contributed by atoms with van der Waals surface area (Å²) in [5, 5.41) is 9.01. The predicted octanol–water partition coefficient (Wildman–Crippen LogP) is 2.59. The van der Waals surface area contributed by atoms with Crippen molar-refractivity contribution in [2.45, 2.75) is 13.0 Å². The van der Waals surface area contributed by atoms with Gasteiger partial charge in [-0.25, -0.2) is 0 Å². The summed E-state index contributed by atoms with van der Waals surface area (Å²) in [6.45, 7) is 2.08. The van der Waals surface area contributed by atoms with Crippen LogP contribution in [-0.4, -0.2) is 39.5 Å². The monoisotopic (exact) mass is 333 g/mol. The van der Waals surface area contributed by atoms with Crippen molar-refractivity contribution < 1.29 is 14.6 Å². The molecule has 6 heteroatoms. The Hall–Kier alpha value is -1.63. The van der Waals surface area contributed by atoms with Gasteiger partial charge in [0.25, 0.3) is 5.91 Å². The summed E-state index contributed by atoms with van der Waals surface area (Å²) >= 11 is 6.45. The predicted molar refractivity (Wildman–Crippen MR) is 91.6 cm³/mol. The Morgan fingerprint density at radius 3 is 3.00 bits per heavy atom. The number of para-hydroxylation sites is 1. The van der Waals surface area contributed by atoms with E-state index in [2.05, 4.69) is 0 Å². The zero-order chi connectivity index (χ0) is 15.7. The van der Waals surface area contributed by atoms with Crippen LogP contribution in [0.3, 0.4) is 0 Å². The van der Waals surface area contributed by atoms with Crippen LogP contribution in [0.1, 0.15) is 12.5 Å². The first-order valence-corrected chi connectivity index (χ1v) is 8.16.